The third-order valence-corrected chi connectivity index (χ3v) is 2.00. The highest BCUT2D eigenvalue weighted by molar-refractivity contribution is 5.98. The Morgan fingerprint density at radius 1 is 1.71 bits per heavy atom. The van der Waals surface area contributed by atoms with Gasteiger partial charge in [-0.1, -0.05) is 0 Å². The molecule has 1 rings (SSSR count). The van der Waals surface area contributed by atoms with E-state index in [0.29, 0.717) is 17.9 Å². The lowest BCUT2D eigenvalue weighted by molar-refractivity contribution is 0.0803. The average Bonchev–Trinajstić information content (AvgIpc) is 2.26. The van der Waals surface area contributed by atoms with Gasteiger partial charge in [0.1, 0.15) is 0 Å². The van der Waals surface area contributed by atoms with E-state index in [0.717, 1.165) is 0 Å². The molecule has 3 N–H and O–H groups in total. The van der Waals surface area contributed by atoms with E-state index in [1.807, 2.05) is 6.92 Å². The smallest absolute Gasteiger partial charge is 0.257 e. The van der Waals surface area contributed by atoms with Gasteiger partial charge in [-0.25, -0.2) is 10.8 Å². The van der Waals surface area contributed by atoms with E-state index in [4.69, 9.17) is 5.84 Å². The van der Waals surface area contributed by atoms with Crippen LogP contribution >= 0.6 is 0 Å². The molecular weight excluding hydrogens is 180 g/mol. The first kappa shape index (κ1) is 10.5. The number of nitrogens with one attached hydrogen (secondary N) is 1. The minimum Gasteiger partial charge on any atom is -0.342 e. The van der Waals surface area contributed by atoms with Crippen LogP contribution in [0, 0.1) is 0 Å². The first-order valence-corrected chi connectivity index (χ1v) is 4.37. The molecule has 1 aromatic rings. The fourth-order valence-corrected chi connectivity index (χ4v) is 1.04. The second-order valence-electron chi connectivity index (χ2n) is 2.86. The molecule has 0 aliphatic carbocycles. The topological polar surface area (TPSA) is 71.2 Å². The standard InChI is InChI=1S/C9H14N4O/c1-3-13(2)9(14)7-5-4-6-11-8(7)12-10/h4-6H,3,10H2,1-2H3,(H,11,12). The van der Waals surface area contributed by atoms with E-state index in [1.54, 1.807) is 30.3 Å². The maximum absolute atomic E-state index is 11.7. The highest BCUT2D eigenvalue weighted by atomic mass is 16.2. The lowest BCUT2D eigenvalue weighted by atomic mass is 10.2. The van der Waals surface area contributed by atoms with Crippen LogP contribution in [0.2, 0.25) is 0 Å². The molecule has 0 bridgehead atoms. The number of carbonyl (C=O) groups is 1. The van der Waals surface area contributed by atoms with Crippen LogP contribution in [0.25, 0.3) is 0 Å². The molecule has 0 unspecified atom stereocenters. The van der Waals surface area contributed by atoms with Crippen molar-refractivity contribution in [2.24, 2.45) is 5.84 Å². The van der Waals surface area contributed by atoms with Crippen molar-refractivity contribution in [2.45, 2.75) is 6.92 Å². The first-order valence-electron chi connectivity index (χ1n) is 4.37. The van der Waals surface area contributed by atoms with Crippen LogP contribution in [0.4, 0.5) is 5.82 Å². The zero-order valence-corrected chi connectivity index (χ0v) is 8.32. The predicted octanol–water partition coefficient (Wildman–Crippen LogP) is 0.459. The fourth-order valence-electron chi connectivity index (χ4n) is 1.04. The fraction of sp³-hybridized carbons (Fsp3) is 0.333. The van der Waals surface area contributed by atoms with Crippen molar-refractivity contribution in [1.82, 2.24) is 9.88 Å². The number of hydrogen-bond donors (Lipinski definition) is 2. The van der Waals surface area contributed by atoms with Crippen LogP contribution in [-0.4, -0.2) is 29.4 Å². The Labute approximate surface area is 82.9 Å². The van der Waals surface area contributed by atoms with E-state index in [2.05, 4.69) is 10.4 Å². The van der Waals surface area contributed by atoms with E-state index in [-0.39, 0.29) is 5.91 Å². The van der Waals surface area contributed by atoms with Gasteiger partial charge >= 0.3 is 0 Å². The average molecular weight is 194 g/mol. The molecule has 0 aliphatic rings. The Kier molecular flexibility index (Phi) is 3.41. The van der Waals surface area contributed by atoms with Crippen LogP contribution in [0.15, 0.2) is 18.3 Å². The monoisotopic (exact) mass is 194 g/mol. The molecule has 0 saturated carbocycles. The SMILES string of the molecule is CCN(C)C(=O)c1cccnc1NN. The van der Waals surface area contributed by atoms with Crippen molar-refractivity contribution < 1.29 is 4.79 Å². The summed E-state index contributed by atoms with van der Waals surface area (Å²) in [4.78, 5) is 17.3. The zero-order chi connectivity index (χ0) is 10.6. The number of nitrogens with zero attached hydrogens (tertiary/aromatic N) is 2. The Morgan fingerprint density at radius 2 is 2.43 bits per heavy atom. The molecule has 76 valence electrons. The van der Waals surface area contributed by atoms with Crippen LogP contribution in [0.1, 0.15) is 17.3 Å². The second-order valence-corrected chi connectivity index (χ2v) is 2.86. The van der Waals surface area contributed by atoms with Crippen LogP contribution in [0.5, 0.6) is 0 Å². The summed E-state index contributed by atoms with van der Waals surface area (Å²) in [5, 5.41) is 0. The summed E-state index contributed by atoms with van der Waals surface area (Å²) >= 11 is 0. The van der Waals surface area contributed by atoms with Crippen molar-refractivity contribution in [1.29, 1.82) is 0 Å². The lowest BCUT2D eigenvalue weighted by Crippen LogP contribution is -2.28. The molecule has 1 aromatic heterocycles. The van der Waals surface area contributed by atoms with Crippen LogP contribution in [-0.2, 0) is 0 Å². The van der Waals surface area contributed by atoms with Gasteiger partial charge in [0.2, 0.25) is 0 Å². The normalized spacial score (nSPS) is 9.64. The first-order chi connectivity index (χ1) is 6.70. The van der Waals surface area contributed by atoms with Crippen molar-refractivity contribution in [3.8, 4) is 0 Å². The minimum absolute atomic E-state index is 0.0893. The molecule has 0 aliphatic heterocycles. The van der Waals surface area contributed by atoms with Crippen LogP contribution < -0.4 is 11.3 Å². The zero-order valence-electron chi connectivity index (χ0n) is 8.32. The highest BCUT2D eigenvalue weighted by Gasteiger charge is 2.14. The number of amides is 1. The number of nitrogen functional groups attached to an aromatic ring is 1. The molecule has 5 heteroatoms. The third-order valence-electron chi connectivity index (χ3n) is 2.00. The van der Waals surface area contributed by atoms with Gasteiger partial charge < -0.3 is 10.3 Å². The van der Waals surface area contributed by atoms with Crippen molar-refractivity contribution in [3.63, 3.8) is 0 Å². The molecule has 0 radical (unpaired) electrons. The number of nitrogens with two attached hydrogens (primary N) is 1. The molecule has 0 atom stereocenters. The van der Waals surface area contributed by atoms with Gasteiger partial charge in [0.25, 0.3) is 5.91 Å². The lowest BCUT2D eigenvalue weighted by Gasteiger charge is -2.15. The van der Waals surface area contributed by atoms with E-state index < -0.39 is 0 Å². The third kappa shape index (κ3) is 2.00. The van der Waals surface area contributed by atoms with Crippen molar-refractivity contribution >= 4 is 11.7 Å². The maximum Gasteiger partial charge on any atom is 0.257 e. The van der Waals surface area contributed by atoms with Gasteiger partial charge in [-0.3, -0.25) is 4.79 Å². The molecular formula is C9H14N4O. The van der Waals surface area contributed by atoms with Gasteiger partial charge in [0, 0.05) is 19.8 Å². The molecule has 1 heterocycles. The van der Waals surface area contributed by atoms with Gasteiger partial charge in [-0.05, 0) is 19.1 Å². The Balaban J connectivity index is 3.00. The number of rotatable bonds is 3. The number of pyridine rings is 1. The highest BCUT2D eigenvalue weighted by Crippen LogP contribution is 2.11. The van der Waals surface area contributed by atoms with Crippen molar-refractivity contribution in [2.75, 3.05) is 19.0 Å². The molecule has 1 amide bonds. The largest absolute Gasteiger partial charge is 0.342 e. The van der Waals surface area contributed by atoms with E-state index in [1.165, 1.54) is 0 Å². The van der Waals surface area contributed by atoms with Crippen molar-refractivity contribution in [3.05, 3.63) is 23.9 Å². The van der Waals surface area contributed by atoms with E-state index >= 15 is 0 Å². The van der Waals surface area contributed by atoms with Gasteiger partial charge in [-0.15, -0.1) is 0 Å². The summed E-state index contributed by atoms with van der Waals surface area (Å²) < 4.78 is 0. The molecule has 0 spiro atoms. The Bertz CT molecular complexity index is 326. The molecule has 0 aromatic carbocycles. The summed E-state index contributed by atoms with van der Waals surface area (Å²) in [6.07, 6.45) is 1.58. The van der Waals surface area contributed by atoms with Gasteiger partial charge in [0.05, 0.1) is 5.56 Å². The quantitative estimate of drug-likeness (QED) is 0.541. The van der Waals surface area contributed by atoms with E-state index in [9.17, 15) is 4.79 Å². The summed E-state index contributed by atoms with van der Waals surface area (Å²) in [7, 11) is 1.73. The molecule has 0 saturated heterocycles. The number of aromatic nitrogens is 1. The number of hydrogen-bond acceptors (Lipinski definition) is 4. The van der Waals surface area contributed by atoms with Crippen LogP contribution in [0.3, 0.4) is 0 Å². The molecule has 0 fully saturated rings. The second kappa shape index (κ2) is 4.57. The molecule has 5 nitrogen and oxygen atoms in total. The summed E-state index contributed by atoms with van der Waals surface area (Å²) in [5.41, 5.74) is 2.88. The minimum atomic E-state index is -0.0893. The number of anilines is 1. The summed E-state index contributed by atoms with van der Waals surface area (Å²) in [5.74, 6) is 5.56. The summed E-state index contributed by atoms with van der Waals surface area (Å²) in [6.45, 7) is 2.56. The number of hydrazine groups is 1. The molecule has 14 heavy (non-hydrogen) atoms. The van der Waals surface area contributed by atoms with Gasteiger partial charge in [-0.2, -0.15) is 0 Å². The maximum atomic E-state index is 11.7. The number of carbonyl (C=O) groups excluding carboxylic acids is 1. The Morgan fingerprint density at radius 3 is 3.00 bits per heavy atom. The summed E-state index contributed by atoms with van der Waals surface area (Å²) in [6, 6.07) is 3.40. The predicted molar refractivity (Wildman–Crippen MR) is 54.7 cm³/mol. The van der Waals surface area contributed by atoms with Gasteiger partial charge in [0.15, 0.2) is 5.82 Å². The Hall–Kier alpha value is -1.62.